The number of carbonyl (C=O) groups excluding carboxylic acids is 1. The smallest absolute Gasteiger partial charge is 0.295 e. The van der Waals surface area contributed by atoms with Crippen molar-refractivity contribution in [1.29, 1.82) is 0 Å². The van der Waals surface area contributed by atoms with E-state index in [4.69, 9.17) is 5.73 Å². The van der Waals surface area contributed by atoms with E-state index in [2.05, 4.69) is 0 Å². The molecule has 1 rings (SSSR count). The number of likely N-dealkylation sites (N-methyl/N-ethyl adjacent to an activating group) is 1. The van der Waals surface area contributed by atoms with Gasteiger partial charge in [-0.05, 0) is 26.8 Å². The van der Waals surface area contributed by atoms with Gasteiger partial charge in [-0.2, -0.15) is 0 Å². The van der Waals surface area contributed by atoms with E-state index in [-0.39, 0.29) is 24.3 Å². The number of carbonyl (C=O) groups is 1. The van der Waals surface area contributed by atoms with E-state index in [0.717, 1.165) is 6.07 Å². The highest BCUT2D eigenvalue weighted by Gasteiger charge is 2.27. The number of hydrogen-bond acceptors (Lipinski definition) is 5. The van der Waals surface area contributed by atoms with E-state index in [1.165, 1.54) is 18.7 Å². The van der Waals surface area contributed by atoms with Crippen LogP contribution in [0, 0.1) is 15.9 Å². The van der Waals surface area contributed by atoms with Crippen LogP contribution in [0.2, 0.25) is 0 Å². The number of nitro benzene ring substituents is 1. The molecule has 0 saturated carbocycles. The summed E-state index contributed by atoms with van der Waals surface area (Å²) >= 11 is 0. The van der Waals surface area contributed by atoms with Gasteiger partial charge < -0.3 is 15.7 Å². The van der Waals surface area contributed by atoms with E-state index < -0.39 is 27.9 Å². The molecule has 1 aromatic rings. The molecule has 0 aliphatic heterocycles. The molecular formula is C13H18FN3O4. The van der Waals surface area contributed by atoms with E-state index >= 15 is 0 Å². The van der Waals surface area contributed by atoms with Gasteiger partial charge in [0, 0.05) is 13.1 Å². The Hall–Kier alpha value is -2.22. The molecule has 116 valence electrons. The van der Waals surface area contributed by atoms with Gasteiger partial charge in [-0.1, -0.05) is 0 Å². The van der Waals surface area contributed by atoms with Gasteiger partial charge in [-0.15, -0.1) is 0 Å². The fourth-order valence-electron chi connectivity index (χ4n) is 1.90. The minimum atomic E-state index is -1.15. The molecule has 0 unspecified atom stereocenters. The molecule has 0 heterocycles. The number of nitrogens with zero attached hydrogens (tertiary/aromatic N) is 2. The van der Waals surface area contributed by atoms with Crippen molar-refractivity contribution < 1.29 is 19.2 Å². The first kappa shape index (κ1) is 16.8. The maximum Gasteiger partial charge on any atom is 0.295 e. The molecule has 0 spiro atoms. The third-order valence-electron chi connectivity index (χ3n) is 2.80. The number of benzene rings is 1. The lowest BCUT2D eigenvalue weighted by Crippen LogP contribution is -2.42. The molecule has 0 fully saturated rings. The van der Waals surface area contributed by atoms with Crippen molar-refractivity contribution >= 4 is 17.3 Å². The van der Waals surface area contributed by atoms with Crippen molar-refractivity contribution in [2.45, 2.75) is 26.4 Å². The first-order valence-electron chi connectivity index (χ1n) is 6.32. The number of halogens is 1. The molecule has 1 aromatic carbocycles. The lowest BCUT2D eigenvalue weighted by atomic mass is 10.1. The Bertz CT molecular complexity index is 569. The van der Waals surface area contributed by atoms with Crippen molar-refractivity contribution in [1.82, 2.24) is 4.90 Å². The summed E-state index contributed by atoms with van der Waals surface area (Å²) in [6.45, 7) is 4.94. The predicted molar refractivity (Wildman–Crippen MR) is 75.3 cm³/mol. The average molecular weight is 299 g/mol. The highest BCUT2D eigenvalue weighted by Crippen LogP contribution is 2.28. The fraction of sp³-hybridized carbons (Fsp3) is 0.462. The number of nitrogen functional groups attached to an aromatic ring is 1. The second-order valence-electron chi connectivity index (χ2n) is 5.28. The largest absolute Gasteiger partial charge is 0.393 e. The van der Waals surface area contributed by atoms with Gasteiger partial charge in [0.05, 0.1) is 22.2 Å². The molecule has 0 atom stereocenters. The van der Waals surface area contributed by atoms with E-state index in [0.29, 0.717) is 6.07 Å². The van der Waals surface area contributed by atoms with Crippen molar-refractivity contribution in [3.63, 3.8) is 0 Å². The van der Waals surface area contributed by atoms with Crippen LogP contribution in [-0.2, 0) is 0 Å². The summed E-state index contributed by atoms with van der Waals surface area (Å²) in [6, 6.07) is 1.52. The van der Waals surface area contributed by atoms with E-state index in [1.807, 2.05) is 0 Å². The van der Waals surface area contributed by atoms with Crippen molar-refractivity contribution in [3.05, 3.63) is 33.6 Å². The number of anilines is 1. The van der Waals surface area contributed by atoms with Gasteiger partial charge in [-0.3, -0.25) is 14.9 Å². The lowest BCUT2D eigenvalue weighted by molar-refractivity contribution is -0.384. The van der Waals surface area contributed by atoms with Crippen LogP contribution in [0.5, 0.6) is 0 Å². The van der Waals surface area contributed by atoms with E-state index in [9.17, 15) is 24.4 Å². The number of nitrogens with two attached hydrogens (primary N) is 1. The average Bonchev–Trinajstić information content (AvgIpc) is 2.36. The summed E-state index contributed by atoms with van der Waals surface area (Å²) < 4.78 is 13.5. The highest BCUT2D eigenvalue weighted by atomic mass is 19.1. The quantitative estimate of drug-likeness (QED) is 0.487. The molecule has 0 aliphatic rings. The SMILES string of the molecule is CCN(CC(C)(C)O)C(=O)c1cc(F)cc([N+](=O)[O-])c1N. The van der Waals surface area contributed by atoms with Crippen LogP contribution in [0.1, 0.15) is 31.1 Å². The molecule has 0 bridgehead atoms. The Morgan fingerprint density at radius 2 is 2.10 bits per heavy atom. The third kappa shape index (κ3) is 4.12. The van der Waals surface area contributed by atoms with Crippen LogP contribution < -0.4 is 5.73 Å². The van der Waals surface area contributed by atoms with Crippen molar-refractivity contribution in [3.8, 4) is 0 Å². The minimum Gasteiger partial charge on any atom is -0.393 e. The van der Waals surface area contributed by atoms with Crippen LogP contribution in [0.15, 0.2) is 12.1 Å². The fourth-order valence-corrected chi connectivity index (χ4v) is 1.90. The molecule has 0 radical (unpaired) electrons. The second kappa shape index (κ2) is 6.04. The molecule has 0 aromatic heterocycles. The van der Waals surface area contributed by atoms with Crippen LogP contribution in [0.3, 0.4) is 0 Å². The molecule has 21 heavy (non-hydrogen) atoms. The summed E-state index contributed by atoms with van der Waals surface area (Å²) in [7, 11) is 0. The number of amides is 1. The molecule has 1 amide bonds. The normalized spacial score (nSPS) is 11.3. The molecular weight excluding hydrogens is 281 g/mol. The summed E-state index contributed by atoms with van der Waals surface area (Å²) in [6.07, 6.45) is 0. The highest BCUT2D eigenvalue weighted by molar-refractivity contribution is 6.01. The number of rotatable bonds is 5. The second-order valence-corrected chi connectivity index (χ2v) is 5.28. The van der Waals surface area contributed by atoms with Crippen molar-refractivity contribution in [2.24, 2.45) is 0 Å². The summed E-state index contributed by atoms with van der Waals surface area (Å²) in [4.78, 5) is 23.6. The Morgan fingerprint density at radius 1 is 1.52 bits per heavy atom. The van der Waals surface area contributed by atoms with Gasteiger partial charge >= 0.3 is 0 Å². The Balaban J connectivity index is 3.26. The van der Waals surface area contributed by atoms with Crippen LogP contribution >= 0.6 is 0 Å². The van der Waals surface area contributed by atoms with Crippen LogP contribution in [-0.4, -0.2) is 39.5 Å². The zero-order valence-electron chi connectivity index (χ0n) is 12.1. The maximum absolute atomic E-state index is 13.5. The summed E-state index contributed by atoms with van der Waals surface area (Å²) in [5, 5.41) is 20.6. The topological polar surface area (TPSA) is 110 Å². The van der Waals surface area contributed by atoms with Gasteiger partial charge in [0.1, 0.15) is 11.5 Å². The monoisotopic (exact) mass is 299 g/mol. The molecule has 8 heteroatoms. The van der Waals surface area contributed by atoms with Crippen LogP contribution in [0.4, 0.5) is 15.8 Å². The summed E-state index contributed by atoms with van der Waals surface area (Å²) in [5.41, 5.74) is 3.11. The molecule has 7 nitrogen and oxygen atoms in total. The van der Waals surface area contributed by atoms with Gasteiger partial charge in [-0.25, -0.2) is 4.39 Å². The van der Waals surface area contributed by atoms with Gasteiger partial charge in [0.25, 0.3) is 11.6 Å². The zero-order chi connectivity index (χ0) is 16.4. The molecule has 0 aliphatic carbocycles. The summed E-state index contributed by atoms with van der Waals surface area (Å²) in [5.74, 6) is -1.58. The van der Waals surface area contributed by atoms with Crippen molar-refractivity contribution in [2.75, 3.05) is 18.8 Å². The van der Waals surface area contributed by atoms with E-state index in [1.54, 1.807) is 6.92 Å². The zero-order valence-corrected chi connectivity index (χ0v) is 12.1. The number of aliphatic hydroxyl groups is 1. The van der Waals surface area contributed by atoms with Gasteiger partial charge in [0.2, 0.25) is 0 Å². The van der Waals surface area contributed by atoms with Gasteiger partial charge in [0.15, 0.2) is 0 Å². The number of nitro groups is 1. The van der Waals surface area contributed by atoms with Crippen LogP contribution in [0.25, 0.3) is 0 Å². The first-order valence-corrected chi connectivity index (χ1v) is 6.32. The number of hydrogen-bond donors (Lipinski definition) is 2. The standard InChI is InChI=1S/C13H18FN3O4/c1-4-16(7-13(2,3)19)12(18)9-5-8(14)6-10(11(9)15)17(20)21/h5-6,19H,4,7,15H2,1-3H3. The lowest BCUT2D eigenvalue weighted by Gasteiger charge is -2.28. The molecule has 3 N–H and O–H groups in total. The Morgan fingerprint density at radius 3 is 2.52 bits per heavy atom. The maximum atomic E-state index is 13.5. The molecule has 0 saturated heterocycles. The Labute approximate surface area is 121 Å². The first-order chi connectivity index (χ1) is 9.56. The third-order valence-corrected chi connectivity index (χ3v) is 2.80. The minimum absolute atomic E-state index is 0.00785. The Kier molecular flexibility index (Phi) is 4.84. The predicted octanol–water partition coefficient (Wildman–Crippen LogP) is 1.55.